The second-order valence-electron chi connectivity index (χ2n) is 5.74. The van der Waals surface area contributed by atoms with Crippen molar-refractivity contribution in [2.24, 2.45) is 5.92 Å². The fraction of sp³-hybridized carbons (Fsp3) is 0.786. The third-order valence-electron chi connectivity index (χ3n) is 4.15. The van der Waals surface area contributed by atoms with E-state index < -0.39 is 5.60 Å². The number of rotatable bonds is 4. The van der Waals surface area contributed by atoms with Gasteiger partial charge in [0.05, 0.1) is 22.0 Å². The second kappa shape index (κ2) is 5.81. The summed E-state index contributed by atoms with van der Waals surface area (Å²) in [4.78, 5) is 0. The van der Waals surface area contributed by atoms with Crippen molar-refractivity contribution in [1.82, 2.24) is 15.1 Å². The zero-order chi connectivity index (χ0) is 14.0. The highest BCUT2D eigenvalue weighted by Crippen LogP contribution is 2.31. The van der Waals surface area contributed by atoms with E-state index in [1.165, 1.54) is 0 Å². The van der Waals surface area contributed by atoms with E-state index in [1.807, 2.05) is 25.5 Å². The van der Waals surface area contributed by atoms with E-state index in [0.717, 1.165) is 43.9 Å². The van der Waals surface area contributed by atoms with Crippen molar-refractivity contribution in [3.8, 4) is 0 Å². The van der Waals surface area contributed by atoms with Crippen LogP contribution in [0.4, 0.5) is 0 Å². The summed E-state index contributed by atoms with van der Waals surface area (Å²) < 4.78 is 1.91. The number of hydrogen-bond donors (Lipinski definition) is 2. The van der Waals surface area contributed by atoms with Gasteiger partial charge in [0.25, 0.3) is 0 Å². The Morgan fingerprint density at radius 1 is 1.58 bits per heavy atom. The van der Waals surface area contributed by atoms with Gasteiger partial charge in [-0.2, -0.15) is 5.10 Å². The highest BCUT2D eigenvalue weighted by atomic mass is 35.5. The van der Waals surface area contributed by atoms with Crippen LogP contribution in [0.25, 0.3) is 0 Å². The number of aromatic nitrogens is 2. The molecule has 0 aromatic carbocycles. The largest absolute Gasteiger partial charge is 0.389 e. The molecule has 2 unspecified atom stereocenters. The van der Waals surface area contributed by atoms with Crippen molar-refractivity contribution < 1.29 is 5.11 Å². The molecule has 2 atom stereocenters. The van der Waals surface area contributed by atoms with Gasteiger partial charge >= 0.3 is 0 Å². The number of nitrogens with zero attached hydrogens (tertiary/aromatic N) is 2. The molecule has 0 radical (unpaired) electrons. The van der Waals surface area contributed by atoms with Gasteiger partial charge in [-0.15, -0.1) is 0 Å². The Morgan fingerprint density at radius 2 is 2.32 bits per heavy atom. The van der Waals surface area contributed by atoms with Gasteiger partial charge in [0, 0.05) is 25.4 Å². The summed E-state index contributed by atoms with van der Waals surface area (Å²) in [5, 5.41) is 19.3. The van der Waals surface area contributed by atoms with Crippen LogP contribution in [0.3, 0.4) is 0 Å². The zero-order valence-electron chi connectivity index (χ0n) is 12.0. The van der Waals surface area contributed by atoms with Crippen LogP contribution in [0.1, 0.15) is 38.1 Å². The van der Waals surface area contributed by atoms with Gasteiger partial charge in [-0.3, -0.25) is 4.68 Å². The van der Waals surface area contributed by atoms with E-state index in [0.29, 0.717) is 11.4 Å². The number of piperidine rings is 1. The molecule has 1 aromatic rings. The standard InChI is InChI=1S/C14H24ClN3O/c1-4-18-12(13(15)10(2)17-18)8-14(3,19)11-6-5-7-16-9-11/h11,16,19H,4-9H2,1-3H3. The monoisotopic (exact) mass is 285 g/mol. The molecule has 1 saturated heterocycles. The molecule has 4 nitrogen and oxygen atoms in total. The molecule has 5 heteroatoms. The summed E-state index contributed by atoms with van der Waals surface area (Å²) in [5.74, 6) is 0.276. The lowest BCUT2D eigenvalue weighted by atomic mass is 9.80. The summed E-state index contributed by atoms with van der Waals surface area (Å²) in [7, 11) is 0. The molecular formula is C14H24ClN3O. The molecule has 0 bridgehead atoms. The first-order valence-electron chi connectivity index (χ1n) is 7.10. The van der Waals surface area contributed by atoms with Gasteiger partial charge in [0.1, 0.15) is 0 Å². The minimum atomic E-state index is -0.740. The van der Waals surface area contributed by atoms with Gasteiger partial charge in [-0.25, -0.2) is 0 Å². The van der Waals surface area contributed by atoms with Crippen molar-refractivity contribution in [3.05, 3.63) is 16.4 Å². The van der Waals surface area contributed by atoms with Crippen LogP contribution in [-0.4, -0.2) is 33.6 Å². The van der Waals surface area contributed by atoms with Crippen LogP contribution in [-0.2, 0) is 13.0 Å². The Bertz CT molecular complexity index is 436. The van der Waals surface area contributed by atoms with Gasteiger partial charge < -0.3 is 10.4 Å². The molecule has 0 saturated carbocycles. The third kappa shape index (κ3) is 3.12. The van der Waals surface area contributed by atoms with Crippen LogP contribution in [0.5, 0.6) is 0 Å². The molecule has 2 N–H and O–H groups in total. The van der Waals surface area contributed by atoms with Crippen LogP contribution in [0.15, 0.2) is 0 Å². The molecular weight excluding hydrogens is 262 g/mol. The molecule has 2 rings (SSSR count). The molecule has 1 aliphatic heterocycles. The second-order valence-corrected chi connectivity index (χ2v) is 6.12. The number of aliphatic hydroxyl groups is 1. The van der Waals surface area contributed by atoms with Crippen LogP contribution >= 0.6 is 11.6 Å². The van der Waals surface area contributed by atoms with E-state index in [9.17, 15) is 5.11 Å². The Kier molecular flexibility index (Phi) is 4.54. The predicted molar refractivity (Wildman–Crippen MR) is 77.6 cm³/mol. The van der Waals surface area contributed by atoms with E-state index in [1.54, 1.807) is 0 Å². The number of aryl methyl sites for hydroxylation is 2. The highest BCUT2D eigenvalue weighted by molar-refractivity contribution is 6.31. The predicted octanol–water partition coefficient (Wildman–Crippen LogP) is 2.16. The topological polar surface area (TPSA) is 50.1 Å². The Morgan fingerprint density at radius 3 is 2.89 bits per heavy atom. The van der Waals surface area contributed by atoms with Gasteiger partial charge in [-0.05, 0) is 40.2 Å². The number of halogens is 1. The number of hydrogen-bond acceptors (Lipinski definition) is 3. The van der Waals surface area contributed by atoms with Gasteiger partial charge in [0.15, 0.2) is 0 Å². The summed E-state index contributed by atoms with van der Waals surface area (Å²) >= 11 is 6.33. The lowest BCUT2D eigenvalue weighted by Crippen LogP contribution is -2.46. The quantitative estimate of drug-likeness (QED) is 0.891. The first-order valence-corrected chi connectivity index (χ1v) is 7.48. The molecule has 1 aromatic heterocycles. The summed E-state index contributed by atoms with van der Waals surface area (Å²) in [6, 6.07) is 0. The van der Waals surface area contributed by atoms with Crippen molar-refractivity contribution in [1.29, 1.82) is 0 Å². The minimum absolute atomic E-state index is 0.276. The zero-order valence-corrected chi connectivity index (χ0v) is 12.8. The Hall–Kier alpha value is -0.580. The average molecular weight is 286 g/mol. The van der Waals surface area contributed by atoms with Gasteiger partial charge in [0.2, 0.25) is 0 Å². The first-order chi connectivity index (χ1) is 8.95. The average Bonchev–Trinajstić information content (AvgIpc) is 2.67. The maximum absolute atomic E-state index is 10.8. The Balaban J connectivity index is 2.19. The van der Waals surface area contributed by atoms with E-state index in [-0.39, 0.29) is 5.92 Å². The normalized spacial score (nSPS) is 23.3. The van der Waals surface area contributed by atoms with Crippen molar-refractivity contribution in [2.45, 2.75) is 52.2 Å². The first kappa shape index (κ1) is 14.8. The fourth-order valence-electron chi connectivity index (χ4n) is 2.90. The molecule has 0 amide bonds. The third-order valence-corrected chi connectivity index (χ3v) is 4.65. The van der Waals surface area contributed by atoms with Gasteiger partial charge in [-0.1, -0.05) is 11.6 Å². The maximum Gasteiger partial charge on any atom is 0.0848 e. The maximum atomic E-state index is 10.8. The van der Waals surface area contributed by atoms with E-state index in [2.05, 4.69) is 10.4 Å². The van der Waals surface area contributed by atoms with Crippen molar-refractivity contribution in [2.75, 3.05) is 13.1 Å². The van der Waals surface area contributed by atoms with Crippen molar-refractivity contribution >= 4 is 11.6 Å². The SMILES string of the molecule is CCn1nc(C)c(Cl)c1CC(C)(O)C1CCCNC1. The lowest BCUT2D eigenvalue weighted by Gasteiger charge is -2.36. The smallest absolute Gasteiger partial charge is 0.0848 e. The molecule has 2 heterocycles. The minimum Gasteiger partial charge on any atom is -0.389 e. The summed E-state index contributed by atoms with van der Waals surface area (Å²) in [6.07, 6.45) is 2.75. The molecule has 0 aliphatic carbocycles. The molecule has 1 aliphatic rings. The molecule has 1 fully saturated rings. The van der Waals surface area contributed by atoms with E-state index in [4.69, 9.17) is 11.6 Å². The van der Waals surface area contributed by atoms with E-state index >= 15 is 0 Å². The van der Waals surface area contributed by atoms with Crippen LogP contribution < -0.4 is 5.32 Å². The fourth-order valence-corrected chi connectivity index (χ4v) is 3.11. The van der Waals surface area contributed by atoms with Crippen LogP contribution in [0.2, 0.25) is 5.02 Å². The summed E-state index contributed by atoms with van der Waals surface area (Å²) in [5.41, 5.74) is 1.06. The van der Waals surface area contributed by atoms with Crippen LogP contribution in [0, 0.1) is 12.8 Å². The molecule has 0 spiro atoms. The lowest BCUT2D eigenvalue weighted by molar-refractivity contribution is -0.0117. The molecule has 108 valence electrons. The van der Waals surface area contributed by atoms with Crippen molar-refractivity contribution in [3.63, 3.8) is 0 Å². The Labute approximate surface area is 120 Å². The summed E-state index contributed by atoms with van der Waals surface area (Å²) in [6.45, 7) is 8.59. The molecule has 19 heavy (non-hydrogen) atoms. The highest BCUT2D eigenvalue weighted by Gasteiger charge is 2.34. The number of nitrogens with one attached hydrogen (secondary N) is 1.